The molecule has 0 aromatic rings. The molecule has 0 aliphatic heterocycles. The molecule has 0 aromatic carbocycles. The summed E-state index contributed by atoms with van der Waals surface area (Å²) in [6.45, 7) is 11.5. The third-order valence-corrected chi connectivity index (χ3v) is 2.49. The topological polar surface area (TPSA) is 71.1 Å². The zero-order valence-corrected chi connectivity index (χ0v) is 12.0. The molecule has 1 rings (SSSR count). The van der Waals surface area contributed by atoms with Gasteiger partial charge in [-0.2, -0.15) is 9.78 Å². The summed E-state index contributed by atoms with van der Waals surface area (Å²) in [5.41, 5.74) is 0.536. The monoisotopic (exact) mass is 284 g/mol. The van der Waals surface area contributed by atoms with Crippen LogP contribution in [-0.4, -0.2) is 24.5 Å². The lowest BCUT2D eigenvalue weighted by Gasteiger charge is -2.19. The Kier molecular flexibility index (Phi) is 5.91. The van der Waals surface area contributed by atoms with E-state index in [4.69, 9.17) is 19.2 Å². The van der Waals surface area contributed by atoms with Crippen molar-refractivity contribution in [3.8, 4) is 0 Å². The molecule has 20 heavy (non-hydrogen) atoms. The third kappa shape index (κ3) is 5.54. The average Bonchev–Trinajstić information content (AvgIpc) is 3.17. The number of carbonyl (C=O) groups is 2. The lowest BCUT2D eigenvalue weighted by Crippen LogP contribution is -2.27. The van der Waals surface area contributed by atoms with Gasteiger partial charge in [0.2, 0.25) is 12.6 Å². The quantitative estimate of drug-likeness (QED) is 0.224. The lowest BCUT2D eigenvalue weighted by molar-refractivity contribution is -0.421. The number of ether oxygens (including phenoxy) is 2. The van der Waals surface area contributed by atoms with E-state index < -0.39 is 24.5 Å². The second-order valence-electron chi connectivity index (χ2n) is 4.84. The first-order valence-corrected chi connectivity index (χ1v) is 6.36. The van der Waals surface area contributed by atoms with Crippen molar-refractivity contribution in [1.29, 1.82) is 0 Å². The van der Waals surface area contributed by atoms with Crippen molar-refractivity contribution < 1.29 is 28.8 Å². The highest BCUT2D eigenvalue weighted by Gasteiger charge is 2.36. The molecule has 2 unspecified atom stereocenters. The predicted octanol–water partition coefficient (Wildman–Crippen LogP) is 2.26. The normalized spacial score (nSPS) is 16.9. The fraction of sp³-hybridized carbons (Fsp3) is 0.571. The van der Waals surface area contributed by atoms with Crippen molar-refractivity contribution in [2.45, 2.75) is 46.2 Å². The van der Waals surface area contributed by atoms with Gasteiger partial charge < -0.3 is 9.47 Å². The molecule has 0 aromatic heterocycles. The van der Waals surface area contributed by atoms with Gasteiger partial charge in [-0.25, -0.2) is 9.59 Å². The minimum Gasteiger partial charge on any atom is -0.430 e. The Balaban J connectivity index is 2.39. The Labute approximate surface area is 118 Å². The van der Waals surface area contributed by atoms with Crippen LogP contribution in [0.3, 0.4) is 0 Å². The second-order valence-corrected chi connectivity index (χ2v) is 4.84. The number of carbonyl (C=O) groups excluding carboxylic acids is 2. The van der Waals surface area contributed by atoms with Crippen LogP contribution in [0.2, 0.25) is 0 Å². The van der Waals surface area contributed by atoms with Gasteiger partial charge in [-0.05, 0) is 26.7 Å². The molecule has 6 nitrogen and oxygen atoms in total. The molecular weight excluding hydrogens is 264 g/mol. The molecular formula is C14H20O6. The molecule has 0 bridgehead atoms. The number of hydrogen-bond acceptors (Lipinski definition) is 6. The van der Waals surface area contributed by atoms with E-state index in [1.165, 1.54) is 13.8 Å². The predicted molar refractivity (Wildman–Crippen MR) is 70.0 cm³/mol. The summed E-state index contributed by atoms with van der Waals surface area (Å²) >= 11 is 0. The molecule has 0 radical (unpaired) electrons. The molecule has 1 saturated carbocycles. The maximum atomic E-state index is 11.4. The number of rotatable bonds is 8. The van der Waals surface area contributed by atoms with Gasteiger partial charge in [0.05, 0.1) is 0 Å². The minimum atomic E-state index is -0.927. The maximum absolute atomic E-state index is 11.4. The SMILES string of the molecule is C=C(C)C(=O)OC(C)OOC(OC(=O)C(=C)C)C1CC1. The summed E-state index contributed by atoms with van der Waals surface area (Å²) < 4.78 is 9.97. The van der Waals surface area contributed by atoms with Crippen LogP contribution in [0.4, 0.5) is 0 Å². The Morgan fingerprint density at radius 2 is 1.50 bits per heavy atom. The largest absolute Gasteiger partial charge is 0.430 e. The molecule has 1 aliphatic rings. The molecule has 0 heterocycles. The van der Waals surface area contributed by atoms with Crippen molar-refractivity contribution in [3.05, 3.63) is 24.3 Å². The van der Waals surface area contributed by atoms with Gasteiger partial charge in [0.1, 0.15) is 0 Å². The van der Waals surface area contributed by atoms with Gasteiger partial charge in [-0.15, -0.1) is 0 Å². The van der Waals surface area contributed by atoms with Crippen LogP contribution in [0.5, 0.6) is 0 Å². The molecule has 0 saturated heterocycles. The van der Waals surface area contributed by atoms with E-state index in [0.29, 0.717) is 0 Å². The van der Waals surface area contributed by atoms with Gasteiger partial charge in [-0.3, -0.25) is 0 Å². The molecule has 2 atom stereocenters. The summed E-state index contributed by atoms with van der Waals surface area (Å²) in [6, 6.07) is 0. The van der Waals surface area contributed by atoms with E-state index >= 15 is 0 Å². The highest BCUT2D eigenvalue weighted by molar-refractivity contribution is 5.87. The van der Waals surface area contributed by atoms with Gasteiger partial charge in [0.25, 0.3) is 0 Å². The van der Waals surface area contributed by atoms with Crippen LogP contribution >= 0.6 is 0 Å². The fourth-order valence-corrected chi connectivity index (χ4v) is 1.17. The standard InChI is InChI=1S/C14H20O6/c1-8(2)12(15)17-10(5)19-20-14(11-6-7-11)18-13(16)9(3)4/h10-11,14H,1,3,6-7H2,2,4-5H3. The molecule has 0 amide bonds. The Hall–Kier alpha value is -1.66. The van der Waals surface area contributed by atoms with Gasteiger partial charge >= 0.3 is 11.9 Å². The summed E-state index contributed by atoms with van der Waals surface area (Å²) in [4.78, 5) is 32.7. The highest BCUT2D eigenvalue weighted by atomic mass is 17.2. The van der Waals surface area contributed by atoms with Crippen LogP contribution in [0.15, 0.2) is 24.3 Å². The van der Waals surface area contributed by atoms with Crippen LogP contribution in [0.25, 0.3) is 0 Å². The van der Waals surface area contributed by atoms with Crippen molar-refractivity contribution in [2.24, 2.45) is 5.92 Å². The molecule has 1 aliphatic carbocycles. The van der Waals surface area contributed by atoms with Crippen molar-refractivity contribution in [2.75, 3.05) is 0 Å². The Morgan fingerprint density at radius 3 is 1.95 bits per heavy atom. The average molecular weight is 284 g/mol. The minimum absolute atomic E-state index is 0.0994. The fourth-order valence-electron chi connectivity index (χ4n) is 1.17. The van der Waals surface area contributed by atoms with Crippen LogP contribution in [0, 0.1) is 5.92 Å². The zero-order chi connectivity index (χ0) is 15.3. The van der Waals surface area contributed by atoms with E-state index in [0.717, 1.165) is 12.8 Å². The smallest absolute Gasteiger partial charge is 0.335 e. The highest BCUT2D eigenvalue weighted by Crippen LogP contribution is 2.35. The maximum Gasteiger partial charge on any atom is 0.335 e. The second kappa shape index (κ2) is 7.21. The van der Waals surface area contributed by atoms with E-state index in [-0.39, 0.29) is 17.1 Å². The summed E-state index contributed by atoms with van der Waals surface area (Å²) in [5, 5.41) is 0. The van der Waals surface area contributed by atoms with Crippen LogP contribution in [0.1, 0.15) is 33.6 Å². The van der Waals surface area contributed by atoms with Gasteiger partial charge in [-0.1, -0.05) is 13.2 Å². The first-order valence-electron chi connectivity index (χ1n) is 6.36. The Morgan fingerprint density at radius 1 is 1.00 bits per heavy atom. The van der Waals surface area contributed by atoms with Crippen molar-refractivity contribution >= 4 is 11.9 Å². The zero-order valence-electron chi connectivity index (χ0n) is 12.0. The molecule has 112 valence electrons. The molecule has 6 heteroatoms. The van der Waals surface area contributed by atoms with Crippen molar-refractivity contribution in [1.82, 2.24) is 0 Å². The number of hydrogen-bond donors (Lipinski definition) is 0. The molecule has 0 N–H and O–H groups in total. The van der Waals surface area contributed by atoms with E-state index in [1.807, 2.05) is 0 Å². The lowest BCUT2D eigenvalue weighted by atomic mass is 10.3. The summed E-state index contributed by atoms with van der Waals surface area (Å²) in [6.07, 6.45) is 0.0312. The number of esters is 2. The van der Waals surface area contributed by atoms with Gasteiger partial charge in [0, 0.05) is 24.0 Å². The first-order chi connectivity index (χ1) is 9.31. The summed E-state index contributed by atoms with van der Waals surface area (Å²) in [7, 11) is 0. The van der Waals surface area contributed by atoms with E-state index in [1.54, 1.807) is 6.92 Å². The first kappa shape index (κ1) is 16.4. The Bertz CT molecular complexity index is 410. The third-order valence-electron chi connectivity index (χ3n) is 2.49. The van der Waals surface area contributed by atoms with Crippen LogP contribution < -0.4 is 0 Å². The molecule has 0 spiro atoms. The summed E-state index contributed by atoms with van der Waals surface area (Å²) in [5.74, 6) is -1.03. The van der Waals surface area contributed by atoms with Crippen LogP contribution in [-0.2, 0) is 28.8 Å². The van der Waals surface area contributed by atoms with E-state index in [2.05, 4.69) is 13.2 Å². The van der Waals surface area contributed by atoms with Crippen molar-refractivity contribution in [3.63, 3.8) is 0 Å². The van der Waals surface area contributed by atoms with Gasteiger partial charge in [0.15, 0.2) is 0 Å². The molecule has 1 fully saturated rings. The van der Waals surface area contributed by atoms with E-state index in [9.17, 15) is 9.59 Å².